The van der Waals surface area contributed by atoms with Crippen molar-refractivity contribution in [3.05, 3.63) is 64.8 Å². The van der Waals surface area contributed by atoms with E-state index in [9.17, 15) is 5.26 Å². The molecule has 4 heteroatoms. The summed E-state index contributed by atoms with van der Waals surface area (Å²) in [6.45, 7) is 6.13. The van der Waals surface area contributed by atoms with Gasteiger partial charge < -0.3 is 0 Å². The monoisotopic (exact) mass is 288 g/mol. The van der Waals surface area contributed by atoms with Crippen molar-refractivity contribution in [2.75, 3.05) is 0 Å². The first-order chi connectivity index (χ1) is 10.6. The van der Waals surface area contributed by atoms with Gasteiger partial charge in [-0.15, -0.1) is 5.10 Å². The van der Waals surface area contributed by atoms with E-state index in [-0.39, 0.29) is 0 Å². The first-order valence-electron chi connectivity index (χ1n) is 7.10. The Kier molecular flexibility index (Phi) is 3.48. The lowest BCUT2D eigenvalue weighted by Crippen LogP contribution is -2.02. The molecule has 0 amide bonds. The van der Waals surface area contributed by atoms with Crippen LogP contribution in [-0.4, -0.2) is 15.0 Å². The van der Waals surface area contributed by atoms with Crippen LogP contribution >= 0.6 is 0 Å². The van der Waals surface area contributed by atoms with Crippen molar-refractivity contribution < 1.29 is 0 Å². The minimum atomic E-state index is 0.337. The van der Waals surface area contributed by atoms with Gasteiger partial charge in [-0.3, -0.25) is 0 Å². The molecule has 22 heavy (non-hydrogen) atoms. The molecular weight excluding hydrogens is 272 g/mol. The Labute approximate surface area is 129 Å². The number of nitriles is 1. The fourth-order valence-corrected chi connectivity index (χ4v) is 2.54. The van der Waals surface area contributed by atoms with Crippen molar-refractivity contribution >= 4 is 0 Å². The van der Waals surface area contributed by atoms with Crippen LogP contribution < -0.4 is 0 Å². The second-order valence-electron chi connectivity index (χ2n) is 5.47. The molecule has 1 aromatic heterocycles. The van der Waals surface area contributed by atoms with Crippen LogP contribution in [0.5, 0.6) is 0 Å². The zero-order valence-corrected chi connectivity index (χ0v) is 12.8. The van der Waals surface area contributed by atoms with Crippen LogP contribution in [0.25, 0.3) is 16.9 Å². The smallest absolute Gasteiger partial charge is 0.191 e. The first kappa shape index (κ1) is 14.0. The molecule has 0 aliphatic carbocycles. The van der Waals surface area contributed by atoms with Crippen LogP contribution in [0.4, 0.5) is 0 Å². The molecule has 3 rings (SSSR count). The van der Waals surface area contributed by atoms with Crippen molar-refractivity contribution in [3.8, 4) is 23.0 Å². The molecule has 108 valence electrons. The van der Waals surface area contributed by atoms with Gasteiger partial charge in [-0.1, -0.05) is 52.7 Å². The third-order valence-electron chi connectivity index (χ3n) is 3.68. The van der Waals surface area contributed by atoms with Crippen molar-refractivity contribution in [1.82, 2.24) is 15.0 Å². The molecule has 0 unspecified atom stereocenters. The SMILES string of the molecule is Cc1ccc(-c2c(C#N)nnn2-c2ccc(C)cc2C)cc1. The molecule has 4 nitrogen and oxygen atoms in total. The van der Waals surface area contributed by atoms with Gasteiger partial charge in [0.15, 0.2) is 5.69 Å². The minimum absolute atomic E-state index is 0.337. The molecule has 3 aromatic rings. The highest BCUT2D eigenvalue weighted by Crippen LogP contribution is 2.26. The molecule has 0 bridgehead atoms. The predicted molar refractivity (Wildman–Crippen MR) is 85.7 cm³/mol. The molecule has 0 aliphatic heterocycles. The summed E-state index contributed by atoms with van der Waals surface area (Å²) < 4.78 is 1.75. The van der Waals surface area contributed by atoms with E-state index in [2.05, 4.69) is 29.4 Å². The van der Waals surface area contributed by atoms with Gasteiger partial charge in [-0.25, -0.2) is 4.68 Å². The van der Waals surface area contributed by atoms with Crippen molar-refractivity contribution in [3.63, 3.8) is 0 Å². The van der Waals surface area contributed by atoms with E-state index in [0.29, 0.717) is 5.69 Å². The Hall–Kier alpha value is -2.93. The minimum Gasteiger partial charge on any atom is -0.211 e. The molecule has 0 radical (unpaired) electrons. The molecule has 1 heterocycles. The number of rotatable bonds is 2. The van der Waals surface area contributed by atoms with E-state index in [1.54, 1.807) is 4.68 Å². The summed E-state index contributed by atoms with van der Waals surface area (Å²) in [6, 6.07) is 16.3. The highest BCUT2D eigenvalue weighted by molar-refractivity contribution is 5.67. The summed E-state index contributed by atoms with van der Waals surface area (Å²) in [5.41, 5.74) is 6.41. The van der Waals surface area contributed by atoms with E-state index < -0.39 is 0 Å². The highest BCUT2D eigenvalue weighted by Gasteiger charge is 2.17. The molecule has 0 saturated carbocycles. The molecule has 0 fully saturated rings. The van der Waals surface area contributed by atoms with E-state index >= 15 is 0 Å². The number of benzene rings is 2. The molecule has 0 atom stereocenters. The zero-order valence-electron chi connectivity index (χ0n) is 12.8. The normalized spacial score (nSPS) is 10.5. The van der Waals surface area contributed by atoms with Crippen molar-refractivity contribution in [2.24, 2.45) is 0 Å². The largest absolute Gasteiger partial charge is 0.211 e. The van der Waals surface area contributed by atoms with E-state index in [1.807, 2.05) is 50.2 Å². The zero-order chi connectivity index (χ0) is 15.7. The third kappa shape index (κ3) is 2.38. The summed E-state index contributed by atoms with van der Waals surface area (Å²) >= 11 is 0. The Morgan fingerprint density at radius 2 is 1.64 bits per heavy atom. The lowest BCUT2D eigenvalue weighted by Gasteiger charge is -2.10. The number of hydrogen-bond acceptors (Lipinski definition) is 3. The Bertz CT molecular complexity index is 867. The van der Waals surface area contributed by atoms with Gasteiger partial charge in [0.1, 0.15) is 11.8 Å². The predicted octanol–water partition coefficient (Wildman–Crippen LogP) is 3.73. The summed E-state index contributed by atoms with van der Waals surface area (Å²) in [5.74, 6) is 0. The molecular formula is C18H16N4. The van der Waals surface area contributed by atoms with Crippen LogP contribution in [0, 0.1) is 32.1 Å². The van der Waals surface area contributed by atoms with Gasteiger partial charge in [0, 0.05) is 5.56 Å². The van der Waals surface area contributed by atoms with E-state index in [1.165, 1.54) is 11.1 Å². The van der Waals surface area contributed by atoms with E-state index in [0.717, 1.165) is 22.5 Å². The first-order valence-corrected chi connectivity index (χ1v) is 7.10. The van der Waals surface area contributed by atoms with Crippen molar-refractivity contribution in [2.45, 2.75) is 20.8 Å². The third-order valence-corrected chi connectivity index (χ3v) is 3.68. The summed E-state index contributed by atoms with van der Waals surface area (Å²) in [6.07, 6.45) is 0. The lowest BCUT2D eigenvalue weighted by molar-refractivity contribution is 0.801. The average Bonchev–Trinajstić information content (AvgIpc) is 2.92. The average molecular weight is 288 g/mol. The molecule has 2 aromatic carbocycles. The molecule has 0 saturated heterocycles. The lowest BCUT2D eigenvalue weighted by atomic mass is 10.1. The maximum atomic E-state index is 9.34. The fraction of sp³-hybridized carbons (Fsp3) is 0.167. The van der Waals surface area contributed by atoms with Crippen LogP contribution in [0.2, 0.25) is 0 Å². The van der Waals surface area contributed by atoms with Crippen LogP contribution in [0.1, 0.15) is 22.4 Å². The molecule has 0 N–H and O–H groups in total. The van der Waals surface area contributed by atoms with E-state index in [4.69, 9.17) is 0 Å². The summed E-state index contributed by atoms with van der Waals surface area (Å²) in [5, 5.41) is 17.6. The van der Waals surface area contributed by atoms with Gasteiger partial charge in [-0.2, -0.15) is 5.26 Å². The van der Waals surface area contributed by atoms with Crippen LogP contribution in [0.15, 0.2) is 42.5 Å². The van der Waals surface area contributed by atoms with Crippen molar-refractivity contribution in [1.29, 1.82) is 5.26 Å². The molecule has 0 aliphatic rings. The fourth-order valence-electron chi connectivity index (χ4n) is 2.54. The second-order valence-corrected chi connectivity index (χ2v) is 5.47. The summed E-state index contributed by atoms with van der Waals surface area (Å²) in [7, 11) is 0. The van der Waals surface area contributed by atoms with Gasteiger partial charge in [-0.05, 0) is 32.4 Å². The van der Waals surface area contributed by atoms with Crippen LogP contribution in [-0.2, 0) is 0 Å². The molecule has 0 spiro atoms. The van der Waals surface area contributed by atoms with Gasteiger partial charge in [0.05, 0.1) is 5.69 Å². The number of nitrogens with zero attached hydrogens (tertiary/aromatic N) is 4. The Morgan fingerprint density at radius 1 is 0.955 bits per heavy atom. The van der Waals surface area contributed by atoms with Gasteiger partial charge >= 0.3 is 0 Å². The topological polar surface area (TPSA) is 54.5 Å². The highest BCUT2D eigenvalue weighted by atomic mass is 15.4. The number of aryl methyl sites for hydroxylation is 3. The number of hydrogen-bond donors (Lipinski definition) is 0. The maximum absolute atomic E-state index is 9.34. The summed E-state index contributed by atoms with van der Waals surface area (Å²) in [4.78, 5) is 0. The Morgan fingerprint density at radius 3 is 2.27 bits per heavy atom. The Balaban J connectivity index is 2.24. The van der Waals surface area contributed by atoms with Crippen LogP contribution in [0.3, 0.4) is 0 Å². The van der Waals surface area contributed by atoms with Gasteiger partial charge in [0.2, 0.25) is 0 Å². The maximum Gasteiger partial charge on any atom is 0.191 e. The second kappa shape index (κ2) is 5.45. The standard InChI is InChI=1S/C18H16N4/c1-12-4-7-15(8-5-12)18-16(11-19)20-21-22(18)17-9-6-13(2)10-14(17)3/h4-10H,1-3H3. The number of aromatic nitrogens is 3. The van der Waals surface area contributed by atoms with Gasteiger partial charge in [0.25, 0.3) is 0 Å². The quantitative estimate of drug-likeness (QED) is 0.722.